The molecule has 30 heavy (non-hydrogen) atoms. The second kappa shape index (κ2) is 10.1. The molecule has 0 aromatic heterocycles. The molecule has 0 atom stereocenters. The maximum Gasteiger partial charge on any atom is 0.240 e. The molecule has 0 bridgehead atoms. The molecule has 158 valence electrons. The molecule has 7 nitrogen and oxygen atoms in total. The molecule has 0 saturated heterocycles. The Balaban J connectivity index is 1.39. The third-order valence-corrected chi connectivity index (χ3v) is 5.89. The number of fused-ring (bicyclic) bond motifs is 1. The summed E-state index contributed by atoms with van der Waals surface area (Å²) in [6, 6.07) is 19.6. The van der Waals surface area contributed by atoms with Crippen LogP contribution in [0, 0.1) is 0 Å². The topological polar surface area (TPSA) is 93.7 Å². The van der Waals surface area contributed by atoms with E-state index in [1.807, 2.05) is 24.3 Å². The second-order valence-electron chi connectivity index (χ2n) is 6.53. The van der Waals surface area contributed by atoms with E-state index in [1.165, 1.54) is 0 Å². The summed E-state index contributed by atoms with van der Waals surface area (Å²) in [7, 11) is -2.09. The van der Waals surface area contributed by atoms with Crippen molar-refractivity contribution in [3.05, 3.63) is 66.7 Å². The number of sulfonamides is 1. The van der Waals surface area contributed by atoms with Crippen molar-refractivity contribution in [1.82, 2.24) is 10.0 Å². The Morgan fingerprint density at radius 3 is 2.33 bits per heavy atom. The summed E-state index contributed by atoms with van der Waals surface area (Å²) >= 11 is 0. The zero-order chi connectivity index (χ0) is 21.4. The van der Waals surface area contributed by atoms with E-state index >= 15 is 0 Å². The molecule has 8 heteroatoms. The Morgan fingerprint density at radius 2 is 1.60 bits per heavy atom. The van der Waals surface area contributed by atoms with Crippen molar-refractivity contribution >= 4 is 26.7 Å². The Bertz CT molecular complexity index is 1100. The number of carbonyl (C=O) groups is 1. The van der Waals surface area contributed by atoms with Crippen LogP contribution in [0.1, 0.15) is 6.42 Å². The van der Waals surface area contributed by atoms with E-state index < -0.39 is 10.0 Å². The minimum atomic E-state index is -3.68. The highest BCUT2D eigenvalue weighted by atomic mass is 32.2. The molecule has 0 aliphatic heterocycles. The summed E-state index contributed by atoms with van der Waals surface area (Å²) in [6.45, 7) is 0.642. The van der Waals surface area contributed by atoms with E-state index in [4.69, 9.17) is 9.47 Å². The average Bonchev–Trinajstić information content (AvgIpc) is 2.76. The molecule has 0 saturated carbocycles. The second-order valence-corrected chi connectivity index (χ2v) is 8.30. The molecule has 3 aromatic rings. The van der Waals surface area contributed by atoms with Crippen molar-refractivity contribution in [2.75, 3.05) is 26.8 Å². The first kappa shape index (κ1) is 21.6. The van der Waals surface area contributed by atoms with E-state index in [9.17, 15) is 13.2 Å². The largest absolute Gasteiger partial charge is 0.497 e. The van der Waals surface area contributed by atoms with E-state index in [1.54, 1.807) is 49.6 Å². The number of methoxy groups -OCH3 is 1. The molecule has 1 amide bonds. The number of carbonyl (C=O) groups excluding carboxylic acids is 1. The van der Waals surface area contributed by atoms with Crippen LogP contribution in [0.3, 0.4) is 0 Å². The fourth-order valence-electron chi connectivity index (χ4n) is 2.84. The molecule has 0 unspecified atom stereocenters. The Labute approximate surface area is 176 Å². The SMILES string of the molecule is COc1ccc(OCCNC(=O)CCNS(=O)(=O)c2ccc3ccccc3c2)cc1. The van der Waals surface area contributed by atoms with Gasteiger partial charge in [-0.2, -0.15) is 0 Å². The molecule has 0 radical (unpaired) electrons. The standard InChI is InChI=1S/C22H24N2O5S/c1-28-19-7-9-20(10-8-19)29-15-14-23-22(25)12-13-24-30(26,27)21-11-6-17-4-2-3-5-18(17)16-21/h2-11,16,24H,12-15H2,1H3,(H,23,25). The van der Waals surface area contributed by atoms with E-state index in [-0.39, 0.29) is 23.8 Å². The van der Waals surface area contributed by atoms with E-state index in [0.717, 1.165) is 16.5 Å². The van der Waals surface area contributed by atoms with Gasteiger partial charge in [-0.15, -0.1) is 0 Å². The number of rotatable bonds is 10. The van der Waals surface area contributed by atoms with Gasteiger partial charge in [0.05, 0.1) is 18.6 Å². The third-order valence-electron chi connectivity index (χ3n) is 4.43. The van der Waals surface area contributed by atoms with Gasteiger partial charge in [-0.05, 0) is 47.2 Å². The first-order chi connectivity index (χ1) is 14.5. The van der Waals surface area contributed by atoms with Gasteiger partial charge < -0.3 is 14.8 Å². The monoisotopic (exact) mass is 428 g/mol. The fraction of sp³-hybridized carbons (Fsp3) is 0.227. The minimum Gasteiger partial charge on any atom is -0.497 e. The van der Waals surface area contributed by atoms with E-state index in [2.05, 4.69) is 10.0 Å². The van der Waals surface area contributed by atoms with Crippen molar-refractivity contribution in [2.24, 2.45) is 0 Å². The van der Waals surface area contributed by atoms with Crippen LogP contribution in [-0.4, -0.2) is 41.1 Å². The van der Waals surface area contributed by atoms with Gasteiger partial charge in [0.25, 0.3) is 0 Å². The fourth-order valence-corrected chi connectivity index (χ4v) is 3.90. The van der Waals surface area contributed by atoms with Gasteiger partial charge in [-0.25, -0.2) is 13.1 Å². The number of hydrogen-bond acceptors (Lipinski definition) is 5. The lowest BCUT2D eigenvalue weighted by atomic mass is 10.1. The molecule has 0 heterocycles. The Kier molecular flexibility index (Phi) is 7.26. The van der Waals surface area contributed by atoms with Crippen molar-refractivity contribution in [3.8, 4) is 11.5 Å². The first-order valence-corrected chi connectivity index (χ1v) is 11.0. The van der Waals surface area contributed by atoms with Crippen molar-refractivity contribution in [3.63, 3.8) is 0 Å². The number of nitrogens with one attached hydrogen (secondary N) is 2. The van der Waals surface area contributed by atoms with Crippen LogP contribution in [0.5, 0.6) is 11.5 Å². The molecule has 0 aliphatic rings. The van der Waals surface area contributed by atoms with Crippen LogP contribution in [-0.2, 0) is 14.8 Å². The molecule has 3 rings (SSSR count). The van der Waals surface area contributed by atoms with Crippen LogP contribution >= 0.6 is 0 Å². The van der Waals surface area contributed by atoms with Gasteiger partial charge >= 0.3 is 0 Å². The lowest BCUT2D eigenvalue weighted by Crippen LogP contribution is -2.32. The number of ether oxygens (including phenoxy) is 2. The first-order valence-electron chi connectivity index (χ1n) is 9.50. The predicted octanol–water partition coefficient (Wildman–Crippen LogP) is 2.71. The smallest absolute Gasteiger partial charge is 0.240 e. The van der Waals surface area contributed by atoms with Crippen molar-refractivity contribution in [2.45, 2.75) is 11.3 Å². The summed E-state index contributed by atoms with van der Waals surface area (Å²) in [6.07, 6.45) is 0.0371. The lowest BCUT2D eigenvalue weighted by molar-refractivity contribution is -0.121. The molecular formula is C22H24N2O5S. The Morgan fingerprint density at radius 1 is 0.900 bits per heavy atom. The molecule has 3 aromatic carbocycles. The van der Waals surface area contributed by atoms with Crippen molar-refractivity contribution < 1.29 is 22.7 Å². The van der Waals surface area contributed by atoms with Crippen LogP contribution in [0.25, 0.3) is 10.8 Å². The molecular weight excluding hydrogens is 404 g/mol. The van der Waals surface area contributed by atoms with Crippen LogP contribution in [0.4, 0.5) is 0 Å². The molecule has 2 N–H and O–H groups in total. The summed E-state index contributed by atoms with van der Waals surface area (Å²) < 4.78 is 38.0. The van der Waals surface area contributed by atoms with Gasteiger partial charge in [0.15, 0.2) is 0 Å². The molecule has 0 fully saturated rings. The van der Waals surface area contributed by atoms with Gasteiger partial charge in [0.2, 0.25) is 15.9 Å². The highest BCUT2D eigenvalue weighted by Gasteiger charge is 2.14. The number of benzene rings is 3. The summed E-state index contributed by atoms with van der Waals surface area (Å²) in [5.41, 5.74) is 0. The van der Waals surface area contributed by atoms with Crippen molar-refractivity contribution in [1.29, 1.82) is 0 Å². The highest BCUT2D eigenvalue weighted by molar-refractivity contribution is 7.89. The number of amides is 1. The number of hydrogen-bond donors (Lipinski definition) is 2. The normalized spacial score (nSPS) is 11.2. The summed E-state index contributed by atoms with van der Waals surface area (Å²) in [5, 5.41) is 4.51. The zero-order valence-corrected chi connectivity index (χ0v) is 17.4. The van der Waals surface area contributed by atoms with Gasteiger partial charge in [0.1, 0.15) is 18.1 Å². The van der Waals surface area contributed by atoms with Crippen LogP contribution < -0.4 is 19.5 Å². The quantitative estimate of drug-likeness (QED) is 0.484. The van der Waals surface area contributed by atoms with E-state index in [0.29, 0.717) is 18.9 Å². The van der Waals surface area contributed by atoms with Gasteiger partial charge in [-0.1, -0.05) is 30.3 Å². The van der Waals surface area contributed by atoms with Crippen LogP contribution in [0.2, 0.25) is 0 Å². The minimum absolute atomic E-state index is 0.0142. The lowest BCUT2D eigenvalue weighted by Gasteiger charge is -2.10. The summed E-state index contributed by atoms with van der Waals surface area (Å²) in [5.74, 6) is 1.16. The zero-order valence-electron chi connectivity index (χ0n) is 16.6. The highest BCUT2D eigenvalue weighted by Crippen LogP contribution is 2.19. The maximum absolute atomic E-state index is 12.4. The van der Waals surface area contributed by atoms with Gasteiger partial charge in [-0.3, -0.25) is 4.79 Å². The molecule has 0 aliphatic carbocycles. The van der Waals surface area contributed by atoms with Gasteiger partial charge in [0, 0.05) is 13.0 Å². The average molecular weight is 429 g/mol. The van der Waals surface area contributed by atoms with Crippen LogP contribution in [0.15, 0.2) is 71.6 Å². The molecule has 0 spiro atoms. The summed E-state index contributed by atoms with van der Waals surface area (Å²) in [4.78, 5) is 12.1. The Hall–Kier alpha value is -3.10. The maximum atomic E-state index is 12.4. The predicted molar refractivity (Wildman–Crippen MR) is 115 cm³/mol. The third kappa shape index (κ3) is 5.95.